The molecule has 24 heavy (non-hydrogen) atoms. The summed E-state index contributed by atoms with van der Waals surface area (Å²) in [4.78, 5) is 8.35. The van der Waals surface area contributed by atoms with Crippen LogP contribution in [0.5, 0.6) is 0 Å². The molecule has 2 N–H and O–H groups in total. The molecule has 0 radical (unpaired) electrons. The van der Waals surface area contributed by atoms with Gasteiger partial charge in [-0.3, -0.25) is 9.89 Å². The molecule has 3 rings (SSSR count). The Hall–Kier alpha value is -1.11. The van der Waals surface area contributed by atoms with Crippen LogP contribution >= 0.6 is 11.3 Å². The van der Waals surface area contributed by atoms with Gasteiger partial charge in [0, 0.05) is 37.7 Å². The van der Waals surface area contributed by atoms with Crippen LogP contribution in [0.3, 0.4) is 0 Å². The van der Waals surface area contributed by atoms with E-state index in [1.54, 1.807) is 0 Å². The second-order valence-electron chi connectivity index (χ2n) is 6.81. The summed E-state index contributed by atoms with van der Waals surface area (Å²) < 4.78 is 5.67. The highest BCUT2D eigenvalue weighted by Gasteiger charge is 2.31. The van der Waals surface area contributed by atoms with Crippen LogP contribution in [0.25, 0.3) is 0 Å². The Morgan fingerprint density at radius 3 is 2.92 bits per heavy atom. The molecule has 2 saturated heterocycles. The monoisotopic (exact) mass is 350 g/mol. The van der Waals surface area contributed by atoms with Gasteiger partial charge in [-0.1, -0.05) is 6.07 Å². The van der Waals surface area contributed by atoms with E-state index in [-0.39, 0.29) is 0 Å². The molecule has 1 aromatic heterocycles. The SMILES string of the molecule is CN=C(NCC1CCCO1)NCC1CCCN(C)C1c1cccs1. The minimum Gasteiger partial charge on any atom is -0.376 e. The number of guanidine groups is 1. The minimum absolute atomic E-state index is 0.336. The van der Waals surface area contributed by atoms with Gasteiger partial charge in [0.2, 0.25) is 0 Å². The number of aliphatic imine (C=N–C) groups is 1. The van der Waals surface area contributed by atoms with Crippen molar-refractivity contribution in [3.63, 3.8) is 0 Å². The van der Waals surface area contributed by atoms with Gasteiger partial charge in [-0.2, -0.15) is 0 Å². The average Bonchev–Trinajstić information content (AvgIpc) is 3.29. The molecule has 2 aliphatic heterocycles. The zero-order valence-corrected chi connectivity index (χ0v) is 15.6. The lowest BCUT2D eigenvalue weighted by Crippen LogP contribution is -2.46. The molecule has 1 aromatic rings. The summed E-state index contributed by atoms with van der Waals surface area (Å²) in [5.74, 6) is 1.51. The van der Waals surface area contributed by atoms with Crippen molar-refractivity contribution in [2.45, 2.75) is 37.8 Å². The zero-order valence-electron chi connectivity index (χ0n) is 14.8. The number of piperidine rings is 1. The third-order valence-electron chi connectivity index (χ3n) is 5.12. The van der Waals surface area contributed by atoms with Crippen LogP contribution in [0, 0.1) is 5.92 Å². The maximum Gasteiger partial charge on any atom is 0.191 e. The van der Waals surface area contributed by atoms with Gasteiger partial charge in [0.1, 0.15) is 0 Å². The molecule has 0 bridgehead atoms. The summed E-state index contributed by atoms with van der Waals surface area (Å²) in [6.45, 7) is 3.89. The average molecular weight is 351 g/mol. The summed E-state index contributed by atoms with van der Waals surface area (Å²) in [5.41, 5.74) is 0. The minimum atomic E-state index is 0.336. The Bertz CT molecular complexity index is 513. The first kappa shape index (κ1) is 17.7. The van der Waals surface area contributed by atoms with Crippen LogP contribution in [0.1, 0.15) is 36.6 Å². The van der Waals surface area contributed by atoms with Crippen molar-refractivity contribution in [3.8, 4) is 0 Å². The first-order valence-corrected chi connectivity index (χ1v) is 9.95. The van der Waals surface area contributed by atoms with E-state index in [1.807, 2.05) is 18.4 Å². The number of rotatable bonds is 5. The molecule has 5 nitrogen and oxygen atoms in total. The highest BCUT2D eigenvalue weighted by atomic mass is 32.1. The van der Waals surface area contributed by atoms with E-state index < -0.39 is 0 Å². The van der Waals surface area contributed by atoms with Gasteiger partial charge in [0.25, 0.3) is 0 Å². The van der Waals surface area contributed by atoms with Crippen LogP contribution in [-0.4, -0.2) is 57.3 Å². The summed E-state index contributed by atoms with van der Waals surface area (Å²) in [5, 5.41) is 9.14. The van der Waals surface area contributed by atoms with E-state index >= 15 is 0 Å². The number of likely N-dealkylation sites (tertiary alicyclic amines) is 1. The third-order valence-corrected chi connectivity index (χ3v) is 6.06. The van der Waals surface area contributed by atoms with Gasteiger partial charge in [0.05, 0.1) is 6.10 Å². The van der Waals surface area contributed by atoms with Gasteiger partial charge >= 0.3 is 0 Å². The Morgan fingerprint density at radius 2 is 2.21 bits per heavy atom. The second kappa shape index (κ2) is 8.83. The molecule has 0 amide bonds. The van der Waals surface area contributed by atoms with Gasteiger partial charge in [-0.25, -0.2) is 0 Å². The van der Waals surface area contributed by atoms with E-state index in [1.165, 1.54) is 30.7 Å². The van der Waals surface area contributed by atoms with Gasteiger partial charge < -0.3 is 15.4 Å². The quantitative estimate of drug-likeness (QED) is 0.633. The van der Waals surface area contributed by atoms with Crippen LogP contribution in [0.4, 0.5) is 0 Å². The van der Waals surface area contributed by atoms with Crippen molar-refractivity contribution in [1.29, 1.82) is 0 Å². The van der Waals surface area contributed by atoms with E-state index in [0.29, 0.717) is 18.1 Å². The molecule has 0 spiro atoms. The molecule has 2 aliphatic rings. The third kappa shape index (κ3) is 4.49. The van der Waals surface area contributed by atoms with Crippen LogP contribution < -0.4 is 10.6 Å². The van der Waals surface area contributed by atoms with E-state index in [4.69, 9.17) is 4.74 Å². The molecule has 0 saturated carbocycles. The maximum atomic E-state index is 5.67. The molecule has 3 heterocycles. The Kier molecular flexibility index (Phi) is 6.51. The number of thiophene rings is 1. The van der Waals surface area contributed by atoms with Crippen molar-refractivity contribution < 1.29 is 4.74 Å². The molecule has 2 fully saturated rings. The van der Waals surface area contributed by atoms with Crippen molar-refractivity contribution in [2.24, 2.45) is 10.9 Å². The van der Waals surface area contributed by atoms with Crippen LogP contribution in [0.15, 0.2) is 22.5 Å². The Labute approximate surface area is 149 Å². The van der Waals surface area contributed by atoms with Crippen LogP contribution in [0.2, 0.25) is 0 Å². The largest absolute Gasteiger partial charge is 0.376 e. The lowest BCUT2D eigenvalue weighted by Gasteiger charge is -2.39. The highest BCUT2D eigenvalue weighted by molar-refractivity contribution is 7.10. The molecular formula is C18H30N4OS. The molecule has 3 unspecified atom stereocenters. The summed E-state index contributed by atoms with van der Waals surface area (Å²) in [6.07, 6.45) is 5.20. The van der Waals surface area contributed by atoms with Crippen LogP contribution in [-0.2, 0) is 4.74 Å². The molecule has 6 heteroatoms. The normalized spacial score (nSPS) is 28.9. The fraction of sp³-hybridized carbons (Fsp3) is 0.722. The Morgan fingerprint density at radius 1 is 1.33 bits per heavy atom. The van der Waals surface area contributed by atoms with Crippen molar-refractivity contribution in [3.05, 3.63) is 22.4 Å². The number of hydrogen-bond acceptors (Lipinski definition) is 4. The molecule has 0 aromatic carbocycles. The molecule has 3 atom stereocenters. The standard InChI is InChI=1S/C18H30N4OS/c1-19-18(21-13-15-7-4-10-23-15)20-12-14-6-3-9-22(2)17(14)16-8-5-11-24-16/h5,8,11,14-15,17H,3-4,6-7,9-10,12-13H2,1-2H3,(H2,19,20,21). The predicted molar refractivity (Wildman–Crippen MR) is 101 cm³/mol. The topological polar surface area (TPSA) is 48.9 Å². The molecular weight excluding hydrogens is 320 g/mol. The number of nitrogens with zero attached hydrogens (tertiary/aromatic N) is 2. The Balaban J connectivity index is 1.52. The summed E-state index contributed by atoms with van der Waals surface area (Å²) in [6, 6.07) is 4.95. The zero-order chi connectivity index (χ0) is 16.8. The van der Waals surface area contributed by atoms with Gasteiger partial charge in [-0.15, -0.1) is 11.3 Å². The fourth-order valence-electron chi connectivity index (χ4n) is 3.85. The molecule has 134 valence electrons. The number of nitrogens with one attached hydrogen (secondary N) is 2. The smallest absolute Gasteiger partial charge is 0.191 e. The van der Waals surface area contributed by atoms with Gasteiger partial charge in [0.15, 0.2) is 5.96 Å². The first-order valence-electron chi connectivity index (χ1n) is 9.07. The van der Waals surface area contributed by atoms with Crippen molar-refractivity contribution in [1.82, 2.24) is 15.5 Å². The maximum absolute atomic E-state index is 5.67. The number of ether oxygens (including phenoxy) is 1. The van der Waals surface area contributed by atoms with Gasteiger partial charge in [-0.05, 0) is 56.6 Å². The van der Waals surface area contributed by atoms with Crippen molar-refractivity contribution >= 4 is 17.3 Å². The van der Waals surface area contributed by atoms with E-state index in [0.717, 1.165) is 32.1 Å². The lowest BCUT2D eigenvalue weighted by atomic mass is 9.88. The second-order valence-corrected chi connectivity index (χ2v) is 7.79. The predicted octanol–water partition coefficient (Wildman–Crippen LogP) is 2.48. The number of hydrogen-bond donors (Lipinski definition) is 2. The highest BCUT2D eigenvalue weighted by Crippen LogP contribution is 2.36. The summed E-state index contributed by atoms with van der Waals surface area (Å²) >= 11 is 1.87. The first-order chi connectivity index (χ1) is 11.8. The molecule has 0 aliphatic carbocycles. The van der Waals surface area contributed by atoms with Crippen molar-refractivity contribution in [2.75, 3.05) is 40.3 Å². The fourth-order valence-corrected chi connectivity index (χ4v) is 4.83. The van der Waals surface area contributed by atoms with E-state index in [9.17, 15) is 0 Å². The summed E-state index contributed by atoms with van der Waals surface area (Å²) in [7, 11) is 4.09. The lowest BCUT2D eigenvalue weighted by molar-refractivity contribution is 0.113. The van der Waals surface area contributed by atoms with E-state index in [2.05, 4.69) is 45.1 Å².